The summed E-state index contributed by atoms with van der Waals surface area (Å²) in [6, 6.07) is -0.979. The average molecular weight is 798 g/mol. The zero-order chi connectivity index (χ0) is 41.1. The minimum atomic E-state index is -1.61. The molecule has 1 aliphatic rings. The van der Waals surface area contributed by atoms with E-state index in [0.29, 0.717) is 12.8 Å². The Hall–Kier alpha value is -1.37. The second-order valence-corrected chi connectivity index (χ2v) is 16.3. The highest BCUT2D eigenvalue weighted by Crippen LogP contribution is 2.23. The molecule has 1 heterocycles. The summed E-state index contributed by atoms with van der Waals surface area (Å²) in [4.78, 5) is 13.0. The van der Waals surface area contributed by atoms with Gasteiger partial charge < -0.3 is 45.4 Å². The van der Waals surface area contributed by atoms with Crippen molar-refractivity contribution in [1.82, 2.24) is 5.32 Å². The second kappa shape index (κ2) is 36.7. The number of hydrogen-bond donors (Lipinski definition) is 7. The van der Waals surface area contributed by atoms with Crippen LogP contribution in [0.25, 0.3) is 0 Å². The third kappa shape index (κ3) is 26.6. The van der Waals surface area contributed by atoms with Gasteiger partial charge >= 0.3 is 0 Å². The van der Waals surface area contributed by atoms with Crippen LogP contribution in [0.1, 0.15) is 200 Å². The summed E-state index contributed by atoms with van der Waals surface area (Å²) < 4.78 is 11.1. The van der Waals surface area contributed by atoms with Crippen LogP contribution in [0.5, 0.6) is 0 Å². The van der Waals surface area contributed by atoms with Crippen molar-refractivity contribution in [3.05, 3.63) is 24.3 Å². The van der Waals surface area contributed by atoms with Crippen molar-refractivity contribution in [3.63, 3.8) is 0 Å². The zero-order valence-corrected chi connectivity index (χ0v) is 35.8. The molecule has 1 aliphatic heterocycles. The van der Waals surface area contributed by atoms with E-state index < -0.39 is 61.5 Å². The number of carbonyl (C=O) groups excluding carboxylic acids is 1. The number of hydrogen-bond acceptors (Lipinski definition) is 9. The van der Waals surface area contributed by atoms with Crippen LogP contribution in [0.15, 0.2) is 24.3 Å². The minimum absolute atomic E-state index is 0.304. The number of aliphatic hydroxyl groups excluding tert-OH is 6. The van der Waals surface area contributed by atoms with Crippen LogP contribution < -0.4 is 5.32 Å². The summed E-state index contributed by atoms with van der Waals surface area (Å²) in [5.41, 5.74) is 0. The fourth-order valence-corrected chi connectivity index (χ4v) is 7.27. The van der Waals surface area contributed by atoms with Crippen LogP contribution in [0.2, 0.25) is 0 Å². The molecule has 330 valence electrons. The molecule has 10 heteroatoms. The summed E-state index contributed by atoms with van der Waals surface area (Å²) in [6.07, 6.45) is 32.6. The number of allylic oxidation sites excluding steroid dienone is 3. The summed E-state index contributed by atoms with van der Waals surface area (Å²) in [5, 5.41) is 64.6. The first-order valence-corrected chi connectivity index (χ1v) is 23.2. The van der Waals surface area contributed by atoms with Gasteiger partial charge in [-0.3, -0.25) is 4.79 Å². The number of amides is 1. The topological polar surface area (TPSA) is 169 Å². The van der Waals surface area contributed by atoms with Crippen molar-refractivity contribution in [2.75, 3.05) is 13.2 Å². The molecule has 1 saturated heterocycles. The first-order chi connectivity index (χ1) is 27.3. The van der Waals surface area contributed by atoms with Gasteiger partial charge in [-0.1, -0.05) is 179 Å². The van der Waals surface area contributed by atoms with Crippen molar-refractivity contribution in [1.29, 1.82) is 0 Å². The predicted octanol–water partition coefficient (Wildman–Crippen LogP) is 8.47. The Balaban J connectivity index is 2.41. The normalized spacial score (nSPS) is 21.9. The number of rotatable bonds is 38. The van der Waals surface area contributed by atoms with E-state index in [2.05, 4.69) is 31.3 Å². The number of ether oxygens (including phenoxy) is 2. The van der Waals surface area contributed by atoms with Crippen LogP contribution in [0.3, 0.4) is 0 Å². The molecule has 10 nitrogen and oxygen atoms in total. The number of nitrogens with one attached hydrogen (secondary N) is 1. The van der Waals surface area contributed by atoms with E-state index in [0.717, 1.165) is 44.9 Å². The second-order valence-electron chi connectivity index (χ2n) is 16.3. The summed E-state index contributed by atoms with van der Waals surface area (Å²) in [5.74, 6) is -0.621. The third-order valence-corrected chi connectivity index (χ3v) is 11.1. The van der Waals surface area contributed by atoms with Gasteiger partial charge in [0.1, 0.15) is 30.5 Å². The van der Waals surface area contributed by atoms with Crippen LogP contribution >= 0.6 is 0 Å². The van der Waals surface area contributed by atoms with Gasteiger partial charge in [0.15, 0.2) is 6.29 Å². The van der Waals surface area contributed by atoms with Gasteiger partial charge in [0.2, 0.25) is 5.91 Å². The van der Waals surface area contributed by atoms with Gasteiger partial charge in [-0.2, -0.15) is 0 Å². The molecule has 8 atom stereocenters. The summed E-state index contributed by atoms with van der Waals surface area (Å²) >= 11 is 0. The van der Waals surface area contributed by atoms with Crippen molar-refractivity contribution in [2.45, 2.75) is 249 Å². The lowest BCUT2D eigenvalue weighted by Crippen LogP contribution is -2.60. The van der Waals surface area contributed by atoms with E-state index in [4.69, 9.17) is 9.47 Å². The molecule has 56 heavy (non-hydrogen) atoms. The first kappa shape index (κ1) is 52.6. The molecule has 7 N–H and O–H groups in total. The Morgan fingerprint density at radius 3 is 1.50 bits per heavy atom. The van der Waals surface area contributed by atoms with Gasteiger partial charge in [0.05, 0.1) is 25.4 Å². The quantitative estimate of drug-likeness (QED) is 0.0239. The molecule has 0 spiro atoms. The van der Waals surface area contributed by atoms with Crippen molar-refractivity contribution in [2.24, 2.45) is 0 Å². The largest absolute Gasteiger partial charge is 0.394 e. The van der Waals surface area contributed by atoms with Gasteiger partial charge in [0.25, 0.3) is 0 Å². The SMILES string of the molecule is CCCCCCCCCC/C=C\CCCCCCCCC(O)C(=O)NC(COC1OC(CO)C(O)C(O)C1O)C(O)/C=C/CCCCCCCCCCCCC. The van der Waals surface area contributed by atoms with Crippen molar-refractivity contribution < 1.29 is 44.9 Å². The first-order valence-electron chi connectivity index (χ1n) is 23.2. The van der Waals surface area contributed by atoms with Crippen molar-refractivity contribution >= 4 is 5.91 Å². The Kier molecular flexibility index (Phi) is 34.5. The molecule has 1 rings (SSSR count). The number of aliphatic hydroxyl groups is 6. The molecule has 1 fully saturated rings. The lowest BCUT2D eigenvalue weighted by atomic mass is 9.99. The van der Waals surface area contributed by atoms with Gasteiger partial charge in [-0.05, 0) is 44.9 Å². The lowest BCUT2D eigenvalue weighted by molar-refractivity contribution is -0.302. The lowest BCUT2D eigenvalue weighted by Gasteiger charge is -2.40. The van der Waals surface area contributed by atoms with Gasteiger partial charge in [0, 0.05) is 0 Å². The molecule has 0 aromatic heterocycles. The van der Waals surface area contributed by atoms with E-state index in [9.17, 15) is 35.4 Å². The van der Waals surface area contributed by atoms with Crippen molar-refractivity contribution in [3.8, 4) is 0 Å². The van der Waals surface area contributed by atoms with Crippen LogP contribution in [0, 0.1) is 0 Å². The van der Waals surface area contributed by atoms with Crippen LogP contribution in [0.4, 0.5) is 0 Å². The Labute approximate surface area is 341 Å². The minimum Gasteiger partial charge on any atom is -0.394 e. The monoisotopic (exact) mass is 798 g/mol. The maximum atomic E-state index is 13.0. The smallest absolute Gasteiger partial charge is 0.249 e. The molecule has 0 aromatic carbocycles. The number of unbranched alkanes of at least 4 members (excludes halogenated alkanes) is 25. The zero-order valence-electron chi connectivity index (χ0n) is 35.8. The van der Waals surface area contributed by atoms with Crippen LogP contribution in [-0.2, 0) is 14.3 Å². The molecule has 8 unspecified atom stereocenters. The fourth-order valence-electron chi connectivity index (χ4n) is 7.27. The summed E-state index contributed by atoms with van der Waals surface area (Å²) in [7, 11) is 0. The van der Waals surface area contributed by atoms with Crippen LogP contribution in [-0.4, -0.2) is 98.7 Å². The molecular formula is C46H87NO9. The van der Waals surface area contributed by atoms with E-state index in [1.54, 1.807) is 6.08 Å². The van der Waals surface area contributed by atoms with E-state index >= 15 is 0 Å². The number of carbonyl (C=O) groups is 1. The maximum absolute atomic E-state index is 13.0. The molecule has 1 amide bonds. The van der Waals surface area contributed by atoms with E-state index in [1.807, 2.05) is 6.08 Å². The fraction of sp³-hybridized carbons (Fsp3) is 0.891. The Bertz CT molecular complexity index is 948. The summed E-state index contributed by atoms with van der Waals surface area (Å²) in [6.45, 7) is 3.59. The highest BCUT2D eigenvalue weighted by Gasteiger charge is 2.44. The van der Waals surface area contributed by atoms with E-state index in [1.165, 1.54) is 128 Å². The highest BCUT2D eigenvalue weighted by molar-refractivity contribution is 5.80. The standard InChI is InChI=1S/C46H87NO9/c1-3-5-7-9-11-13-15-17-18-19-20-21-23-25-27-29-31-33-35-40(50)45(54)47-38(37-55-46-44(53)43(52)42(51)41(36-48)56-46)39(49)34-32-30-28-26-24-22-16-14-12-10-8-6-4-2/h19-20,32,34,38-44,46,48-53H,3-18,21-31,33,35-37H2,1-2H3,(H,47,54)/b20-19-,34-32+. The highest BCUT2D eigenvalue weighted by atomic mass is 16.7. The molecule has 0 saturated carbocycles. The predicted molar refractivity (Wildman–Crippen MR) is 227 cm³/mol. The Morgan fingerprint density at radius 1 is 0.607 bits per heavy atom. The third-order valence-electron chi connectivity index (χ3n) is 11.1. The Morgan fingerprint density at radius 2 is 1.04 bits per heavy atom. The van der Waals surface area contributed by atoms with Gasteiger partial charge in [-0.25, -0.2) is 0 Å². The van der Waals surface area contributed by atoms with Gasteiger partial charge in [-0.15, -0.1) is 0 Å². The van der Waals surface area contributed by atoms with E-state index in [-0.39, 0.29) is 6.61 Å². The molecule has 0 bridgehead atoms. The maximum Gasteiger partial charge on any atom is 0.249 e. The molecule has 0 aliphatic carbocycles. The average Bonchev–Trinajstić information content (AvgIpc) is 3.20. The molecule has 0 aromatic rings. The molecule has 0 radical (unpaired) electrons. The molecular weight excluding hydrogens is 711 g/mol.